The summed E-state index contributed by atoms with van der Waals surface area (Å²) in [6, 6.07) is 7.08. The first-order valence-corrected chi connectivity index (χ1v) is 7.70. The Hall–Kier alpha value is -2.19. The number of halogens is 1. The van der Waals surface area contributed by atoms with E-state index in [2.05, 4.69) is 14.7 Å². The number of aromatic nitrogens is 2. The number of carbonyl (C=O) groups is 1. The molecule has 2 aromatic rings. The molecule has 0 spiro atoms. The van der Waals surface area contributed by atoms with Crippen LogP contribution in [0.5, 0.6) is 0 Å². The Labute approximate surface area is 125 Å². The van der Waals surface area contributed by atoms with Crippen molar-refractivity contribution in [3.63, 3.8) is 0 Å². The average Bonchev–Trinajstić information content (AvgIpc) is 2.37. The van der Waals surface area contributed by atoms with Crippen LogP contribution < -0.4 is 4.72 Å². The van der Waals surface area contributed by atoms with E-state index in [-0.39, 0.29) is 16.7 Å². The summed E-state index contributed by atoms with van der Waals surface area (Å²) in [4.78, 5) is 18.3. The first-order valence-electron chi connectivity index (χ1n) is 5.67. The first-order chi connectivity index (χ1) is 9.85. The molecule has 1 heterocycles. The fourth-order valence-electron chi connectivity index (χ4n) is 1.57. The zero-order valence-electron chi connectivity index (χ0n) is 10.5. The molecule has 0 atom stereocenters. The van der Waals surface area contributed by atoms with Gasteiger partial charge in [0.1, 0.15) is 5.15 Å². The minimum atomic E-state index is -3.77. The average molecular weight is 328 g/mol. The van der Waals surface area contributed by atoms with E-state index >= 15 is 0 Å². The van der Waals surface area contributed by atoms with Gasteiger partial charge in [-0.15, -0.1) is 0 Å². The molecule has 0 fully saturated rings. The van der Waals surface area contributed by atoms with Crippen molar-refractivity contribution in [2.45, 2.75) is 5.75 Å². The monoisotopic (exact) mass is 327 g/mol. The Bertz CT molecular complexity index is 780. The fraction of sp³-hybridized carbons (Fsp3) is 0.0833. The van der Waals surface area contributed by atoms with E-state index in [0.717, 1.165) is 0 Å². The number of hydrogen-bond acceptors (Lipinski definition) is 5. The predicted octanol–water partition coefficient (Wildman–Crippen LogP) is 1.77. The highest BCUT2D eigenvalue weighted by Gasteiger charge is 2.14. The summed E-state index contributed by atoms with van der Waals surface area (Å²) >= 11 is 5.64. The van der Waals surface area contributed by atoms with Crippen molar-refractivity contribution in [1.82, 2.24) is 9.97 Å². The van der Waals surface area contributed by atoms with Gasteiger partial charge in [-0.3, -0.25) is 4.72 Å². The van der Waals surface area contributed by atoms with Gasteiger partial charge in [0.15, 0.2) is 0 Å². The molecule has 7 nitrogen and oxygen atoms in total. The van der Waals surface area contributed by atoms with E-state index in [1.807, 2.05) is 0 Å². The van der Waals surface area contributed by atoms with Gasteiger partial charge in [0, 0.05) is 6.20 Å². The lowest BCUT2D eigenvalue weighted by molar-refractivity contribution is 0.0696. The second kappa shape index (κ2) is 6.06. The second-order valence-electron chi connectivity index (χ2n) is 4.07. The van der Waals surface area contributed by atoms with Crippen molar-refractivity contribution < 1.29 is 18.3 Å². The highest BCUT2D eigenvalue weighted by Crippen LogP contribution is 2.12. The first kappa shape index (κ1) is 15.2. The number of aromatic carboxylic acids is 1. The number of hydrogen-bond donors (Lipinski definition) is 2. The molecular weight excluding hydrogens is 318 g/mol. The molecule has 0 saturated carbocycles. The smallest absolute Gasteiger partial charge is 0.335 e. The molecule has 0 amide bonds. The number of nitrogens with zero attached hydrogens (tertiary/aromatic N) is 2. The second-order valence-corrected chi connectivity index (χ2v) is 6.18. The molecule has 0 aliphatic heterocycles. The van der Waals surface area contributed by atoms with Gasteiger partial charge in [0.2, 0.25) is 16.0 Å². The minimum Gasteiger partial charge on any atom is -0.478 e. The molecule has 2 N–H and O–H groups in total. The van der Waals surface area contributed by atoms with E-state index in [1.165, 1.54) is 36.5 Å². The molecule has 0 unspecified atom stereocenters. The summed E-state index contributed by atoms with van der Waals surface area (Å²) in [5.41, 5.74) is 0.353. The van der Waals surface area contributed by atoms with Gasteiger partial charge in [0.25, 0.3) is 0 Å². The number of sulfonamides is 1. The van der Waals surface area contributed by atoms with E-state index in [9.17, 15) is 13.2 Å². The Morgan fingerprint density at radius 3 is 2.76 bits per heavy atom. The maximum atomic E-state index is 12.0. The molecule has 110 valence electrons. The zero-order valence-corrected chi connectivity index (χ0v) is 12.1. The third kappa shape index (κ3) is 4.40. The van der Waals surface area contributed by atoms with Gasteiger partial charge in [-0.1, -0.05) is 23.7 Å². The molecule has 1 aromatic heterocycles. The Balaban J connectivity index is 2.18. The van der Waals surface area contributed by atoms with Crippen LogP contribution in [-0.2, 0) is 15.8 Å². The molecule has 0 bridgehead atoms. The van der Waals surface area contributed by atoms with Crippen LogP contribution in [0, 0.1) is 0 Å². The van der Waals surface area contributed by atoms with Crippen LogP contribution in [-0.4, -0.2) is 29.5 Å². The van der Waals surface area contributed by atoms with Crippen molar-refractivity contribution in [3.8, 4) is 0 Å². The number of benzene rings is 1. The van der Waals surface area contributed by atoms with Gasteiger partial charge >= 0.3 is 5.97 Å². The van der Waals surface area contributed by atoms with Crippen molar-refractivity contribution >= 4 is 33.5 Å². The molecular formula is C12H10ClN3O4S. The highest BCUT2D eigenvalue weighted by molar-refractivity contribution is 7.91. The number of carboxylic acid groups (broad SMARTS) is 1. The number of anilines is 1. The van der Waals surface area contributed by atoms with E-state index < -0.39 is 21.7 Å². The van der Waals surface area contributed by atoms with Crippen LogP contribution >= 0.6 is 11.6 Å². The SMILES string of the molecule is O=C(O)c1cccc(CS(=O)(=O)Nc2nccc(Cl)n2)c1. The van der Waals surface area contributed by atoms with Crippen LogP contribution in [0.4, 0.5) is 5.95 Å². The maximum Gasteiger partial charge on any atom is 0.335 e. The summed E-state index contributed by atoms with van der Waals surface area (Å²) in [6.07, 6.45) is 1.32. The van der Waals surface area contributed by atoms with Crippen LogP contribution in [0.3, 0.4) is 0 Å². The summed E-state index contributed by atoms with van der Waals surface area (Å²) in [7, 11) is -3.77. The van der Waals surface area contributed by atoms with Crippen molar-refractivity contribution in [1.29, 1.82) is 0 Å². The Morgan fingerprint density at radius 1 is 1.33 bits per heavy atom. The Morgan fingerprint density at radius 2 is 2.10 bits per heavy atom. The predicted molar refractivity (Wildman–Crippen MR) is 76.7 cm³/mol. The number of rotatable bonds is 5. The minimum absolute atomic E-state index is 0.0155. The summed E-state index contributed by atoms with van der Waals surface area (Å²) < 4.78 is 26.1. The van der Waals surface area contributed by atoms with Crippen molar-refractivity contribution in [2.75, 3.05) is 4.72 Å². The van der Waals surface area contributed by atoms with Crippen molar-refractivity contribution in [3.05, 3.63) is 52.8 Å². The van der Waals surface area contributed by atoms with E-state index in [1.54, 1.807) is 0 Å². The number of carboxylic acids is 1. The van der Waals surface area contributed by atoms with Crippen LogP contribution in [0.2, 0.25) is 5.15 Å². The largest absolute Gasteiger partial charge is 0.478 e. The van der Waals surface area contributed by atoms with Crippen LogP contribution in [0.25, 0.3) is 0 Å². The van der Waals surface area contributed by atoms with Gasteiger partial charge < -0.3 is 5.11 Å². The quantitative estimate of drug-likeness (QED) is 0.810. The summed E-state index contributed by atoms with van der Waals surface area (Å²) in [5.74, 6) is -1.67. The summed E-state index contributed by atoms with van der Waals surface area (Å²) in [5, 5.41) is 8.98. The van der Waals surface area contributed by atoms with E-state index in [4.69, 9.17) is 16.7 Å². The van der Waals surface area contributed by atoms with Gasteiger partial charge in [0.05, 0.1) is 11.3 Å². The molecule has 9 heteroatoms. The molecule has 2 rings (SSSR count). The highest BCUT2D eigenvalue weighted by atomic mass is 35.5. The van der Waals surface area contributed by atoms with Gasteiger partial charge in [-0.2, -0.15) is 0 Å². The number of nitrogens with one attached hydrogen (secondary N) is 1. The topological polar surface area (TPSA) is 109 Å². The molecule has 0 aliphatic carbocycles. The van der Waals surface area contributed by atoms with Gasteiger partial charge in [-0.05, 0) is 23.8 Å². The zero-order chi connectivity index (χ0) is 15.5. The molecule has 21 heavy (non-hydrogen) atoms. The van der Waals surface area contributed by atoms with Crippen LogP contribution in [0.1, 0.15) is 15.9 Å². The third-order valence-electron chi connectivity index (χ3n) is 2.40. The third-order valence-corrected chi connectivity index (χ3v) is 3.82. The van der Waals surface area contributed by atoms with Gasteiger partial charge in [-0.25, -0.2) is 23.2 Å². The fourth-order valence-corrected chi connectivity index (χ4v) is 2.78. The van der Waals surface area contributed by atoms with Crippen molar-refractivity contribution in [2.24, 2.45) is 0 Å². The lowest BCUT2D eigenvalue weighted by Gasteiger charge is -2.07. The lowest BCUT2D eigenvalue weighted by atomic mass is 10.1. The summed E-state index contributed by atoms with van der Waals surface area (Å²) in [6.45, 7) is 0. The molecule has 0 radical (unpaired) electrons. The standard InChI is InChI=1S/C12H10ClN3O4S/c13-10-4-5-14-12(15-10)16-21(19,20)7-8-2-1-3-9(6-8)11(17)18/h1-6H,7H2,(H,17,18)(H,14,15,16). The maximum absolute atomic E-state index is 12.0. The van der Waals surface area contributed by atoms with E-state index in [0.29, 0.717) is 5.56 Å². The molecule has 0 saturated heterocycles. The normalized spacial score (nSPS) is 11.1. The Kier molecular flexibility index (Phi) is 4.39. The molecule has 1 aromatic carbocycles. The molecule has 0 aliphatic rings. The van der Waals surface area contributed by atoms with Crippen LogP contribution in [0.15, 0.2) is 36.5 Å². The lowest BCUT2D eigenvalue weighted by Crippen LogP contribution is -2.17.